The molecule has 0 fully saturated rings. The standard InChI is InChI=1S/C13H19N5O/c1-4-5-14-13(19)10(3)17-12-7-9(2)6-11-15-8-16-18(11)12/h6-8,10,17H,4-5H2,1-3H3,(H,14,19). The van der Waals surface area contributed by atoms with Crippen LogP contribution in [0.15, 0.2) is 18.5 Å². The first-order chi connectivity index (χ1) is 9.11. The van der Waals surface area contributed by atoms with Crippen molar-refractivity contribution in [1.29, 1.82) is 0 Å². The highest BCUT2D eigenvalue weighted by Crippen LogP contribution is 2.14. The van der Waals surface area contributed by atoms with Gasteiger partial charge in [-0.2, -0.15) is 9.61 Å². The third-order valence-electron chi connectivity index (χ3n) is 2.83. The Morgan fingerprint density at radius 3 is 3.00 bits per heavy atom. The van der Waals surface area contributed by atoms with Crippen molar-refractivity contribution >= 4 is 17.4 Å². The van der Waals surface area contributed by atoms with Gasteiger partial charge >= 0.3 is 0 Å². The number of nitrogens with one attached hydrogen (secondary N) is 2. The Morgan fingerprint density at radius 2 is 2.26 bits per heavy atom. The number of rotatable bonds is 5. The fourth-order valence-electron chi connectivity index (χ4n) is 1.85. The molecule has 0 saturated heterocycles. The highest BCUT2D eigenvalue weighted by Gasteiger charge is 2.14. The van der Waals surface area contributed by atoms with Crippen LogP contribution in [0, 0.1) is 6.92 Å². The Labute approximate surface area is 112 Å². The first-order valence-corrected chi connectivity index (χ1v) is 6.46. The second-order valence-corrected chi connectivity index (χ2v) is 4.61. The van der Waals surface area contributed by atoms with Crippen LogP contribution in [-0.2, 0) is 4.79 Å². The molecule has 6 heteroatoms. The van der Waals surface area contributed by atoms with Crippen LogP contribution in [0.5, 0.6) is 0 Å². The van der Waals surface area contributed by atoms with E-state index in [0.717, 1.165) is 23.4 Å². The van der Waals surface area contributed by atoms with Crippen LogP contribution in [0.2, 0.25) is 0 Å². The average molecular weight is 261 g/mol. The van der Waals surface area contributed by atoms with Gasteiger partial charge in [-0.25, -0.2) is 4.98 Å². The van der Waals surface area contributed by atoms with E-state index in [4.69, 9.17) is 0 Å². The Morgan fingerprint density at radius 1 is 1.47 bits per heavy atom. The zero-order chi connectivity index (χ0) is 13.8. The lowest BCUT2D eigenvalue weighted by atomic mass is 10.2. The molecule has 19 heavy (non-hydrogen) atoms. The van der Waals surface area contributed by atoms with Crippen molar-refractivity contribution in [3.8, 4) is 0 Å². The van der Waals surface area contributed by atoms with Crippen LogP contribution in [0.3, 0.4) is 0 Å². The predicted octanol–water partition coefficient (Wildman–Crippen LogP) is 1.36. The lowest BCUT2D eigenvalue weighted by Gasteiger charge is -2.16. The average Bonchev–Trinajstić information content (AvgIpc) is 2.83. The normalized spacial score (nSPS) is 12.4. The van der Waals surface area contributed by atoms with Gasteiger partial charge in [-0.15, -0.1) is 0 Å². The number of aromatic nitrogens is 3. The number of nitrogens with zero attached hydrogens (tertiary/aromatic N) is 3. The highest BCUT2D eigenvalue weighted by molar-refractivity contribution is 5.84. The van der Waals surface area contributed by atoms with Gasteiger partial charge in [0, 0.05) is 6.54 Å². The van der Waals surface area contributed by atoms with E-state index in [1.54, 1.807) is 4.52 Å². The van der Waals surface area contributed by atoms with Gasteiger partial charge in [-0.3, -0.25) is 4.79 Å². The minimum atomic E-state index is -0.319. The van der Waals surface area contributed by atoms with E-state index >= 15 is 0 Å². The molecule has 0 aliphatic rings. The van der Waals surface area contributed by atoms with Gasteiger partial charge in [0.15, 0.2) is 5.65 Å². The molecule has 0 aliphatic heterocycles. The topological polar surface area (TPSA) is 71.3 Å². The van der Waals surface area contributed by atoms with E-state index < -0.39 is 0 Å². The summed E-state index contributed by atoms with van der Waals surface area (Å²) >= 11 is 0. The summed E-state index contributed by atoms with van der Waals surface area (Å²) in [4.78, 5) is 16.0. The van der Waals surface area contributed by atoms with E-state index in [9.17, 15) is 4.79 Å². The number of anilines is 1. The molecule has 6 nitrogen and oxygen atoms in total. The van der Waals surface area contributed by atoms with Crippen molar-refractivity contribution in [2.75, 3.05) is 11.9 Å². The Hall–Kier alpha value is -2.11. The summed E-state index contributed by atoms with van der Waals surface area (Å²) in [5, 5.41) is 10.2. The van der Waals surface area contributed by atoms with Gasteiger partial charge in [0.1, 0.15) is 18.2 Å². The molecule has 2 aromatic rings. The number of aryl methyl sites for hydroxylation is 1. The second kappa shape index (κ2) is 5.69. The number of fused-ring (bicyclic) bond motifs is 1. The van der Waals surface area contributed by atoms with E-state index in [1.807, 2.05) is 32.9 Å². The maximum Gasteiger partial charge on any atom is 0.242 e. The minimum absolute atomic E-state index is 0.0170. The zero-order valence-corrected chi connectivity index (χ0v) is 11.5. The molecular formula is C13H19N5O. The molecule has 0 bridgehead atoms. The Kier molecular flexibility index (Phi) is 3.99. The van der Waals surface area contributed by atoms with Crippen LogP contribution in [0.25, 0.3) is 5.65 Å². The summed E-state index contributed by atoms with van der Waals surface area (Å²) < 4.78 is 1.69. The van der Waals surface area contributed by atoms with Gasteiger partial charge in [0.25, 0.3) is 0 Å². The molecule has 1 unspecified atom stereocenters. The van der Waals surface area contributed by atoms with Crippen molar-refractivity contribution in [1.82, 2.24) is 19.9 Å². The molecule has 0 aliphatic carbocycles. The molecule has 0 radical (unpaired) electrons. The van der Waals surface area contributed by atoms with Crippen LogP contribution in [0.1, 0.15) is 25.8 Å². The maximum atomic E-state index is 11.8. The van der Waals surface area contributed by atoms with Gasteiger partial charge in [-0.05, 0) is 38.0 Å². The van der Waals surface area contributed by atoms with E-state index in [-0.39, 0.29) is 11.9 Å². The van der Waals surface area contributed by atoms with Crippen molar-refractivity contribution in [3.05, 3.63) is 24.0 Å². The lowest BCUT2D eigenvalue weighted by Crippen LogP contribution is -2.38. The molecular weight excluding hydrogens is 242 g/mol. The first-order valence-electron chi connectivity index (χ1n) is 6.46. The molecule has 0 aromatic carbocycles. The fraction of sp³-hybridized carbons (Fsp3) is 0.462. The quantitative estimate of drug-likeness (QED) is 0.852. The third-order valence-corrected chi connectivity index (χ3v) is 2.83. The smallest absolute Gasteiger partial charge is 0.242 e. The van der Waals surface area contributed by atoms with Gasteiger partial charge in [0.05, 0.1) is 0 Å². The number of carbonyl (C=O) groups is 1. The largest absolute Gasteiger partial charge is 0.359 e. The van der Waals surface area contributed by atoms with Crippen LogP contribution < -0.4 is 10.6 Å². The zero-order valence-electron chi connectivity index (χ0n) is 11.5. The van der Waals surface area contributed by atoms with Crippen LogP contribution >= 0.6 is 0 Å². The Balaban J connectivity index is 2.16. The summed E-state index contributed by atoms with van der Waals surface area (Å²) in [6.07, 6.45) is 2.43. The number of carbonyl (C=O) groups excluding carboxylic acids is 1. The van der Waals surface area contributed by atoms with Crippen LogP contribution in [-0.4, -0.2) is 33.1 Å². The van der Waals surface area contributed by atoms with E-state index in [0.29, 0.717) is 6.54 Å². The number of hydrogen-bond acceptors (Lipinski definition) is 4. The van der Waals surface area contributed by atoms with Crippen molar-refractivity contribution in [3.63, 3.8) is 0 Å². The number of pyridine rings is 1. The molecule has 2 aromatic heterocycles. The molecule has 1 atom stereocenters. The first kappa shape index (κ1) is 13.3. The number of amides is 1. The van der Waals surface area contributed by atoms with E-state index in [1.165, 1.54) is 6.33 Å². The van der Waals surface area contributed by atoms with Gasteiger partial charge in [0.2, 0.25) is 5.91 Å². The molecule has 2 heterocycles. The lowest BCUT2D eigenvalue weighted by molar-refractivity contribution is -0.121. The second-order valence-electron chi connectivity index (χ2n) is 4.61. The fourth-order valence-corrected chi connectivity index (χ4v) is 1.85. The SMILES string of the molecule is CCCNC(=O)C(C)Nc1cc(C)cc2ncnn12. The summed E-state index contributed by atoms with van der Waals surface area (Å²) in [6.45, 7) is 6.53. The van der Waals surface area contributed by atoms with Gasteiger partial charge < -0.3 is 10.6 Å². The molecule has 2 N–H and O–H groups in total. The third kappa shape index (κ3) is 3.01. The molecule has 102 valence electrons. The maximum absolute atomic E-state index is 11.8. The molecule has 1 amide bonds. The summed E-state index contributed by atoms with van der Waals surface area (Å²) in [6, 6.07) is 3.58. The van der Waals surface area contributed by atoms with Crippen molar-refractivity contribution < 1.29 is 4.79 Å². The van der Waals surface area contributed by atoms with E-state index in [2.05, 4.69) is 20.7 Å². The highest BCUT2D eigenvalue weighted by atomic mass is 16.2. The van der Waals surface area contributed by atoms with Crippen LogP contribution in [0.4, 0.5) is 5.82 Å². The van der Waals surface area contributed by atoms with Crippen molar-refractivity contribution in [2.45, 2.75) is 33.2 Å². The predicted molar refractivity (Wildman–Crippen MR) is 74.1 cm³/mol. The monoisotopic (exact) mass is 261 g/mol. The molecule has 0 spiro atoms. The summed E-state index contributed by atoms with van der Waals surface area (Å²) in [5.74, 6) is 0.753. The van der Waals surface area contributed by atoms with Gasteiger partial charge in [-0.1, -0.05) is 6.92 Å². The molecule has 2 rings (SSSR count). The van der Waals surface area contributed by atoms with Crippen molar-refractivity contribution in [2.24, 2.45) is 0 Å². The molecule has 0 saturated carbocycles. The Bertz CT molecular complexity index is 577. The number of hydrogen-bond donors (Lipinski definition) is 2. The minimum Gasteiger partial charge on any atom is -0.359 e. The summed E-state index contributed by atoms with van der Waals surface area (Å²) in [5.41, 5.74) is 1.84. The summed E-state index contributed by atoms with van der Waals surface area (Å²) in [7, 11) is 0.